The van der Waals surface area contributed by atoms with Crippen LogP contribution in [-0.4, -0.2) is 29.1 Å². The first-order chi connectivity index (χ1) is 9.71. The standard InChI is InChI=1S/C15H23N3O2S/c1-13(2)10-9(5-7-20-10)15(13,16)11(19)18-14(3,4)12-17-6-8-21-12/h6,8-10H,5,7,16H2,1-4H3,(H,18,19). The minimum Gasteiger partial charge on any atom is -0.377 e. The van der Waals surface area contributed by atoms with Gasteiger partial charge in [-0.1, -0.05) is 13.8 Å². The molecule has 1 saturated heterocycles. The molecule has 0 radical (unpaired) electrons. The summed E-state index contributed by atoms with van der Waals surface area (Å²) in [6.07, 6.45) is 2.70. The van der Waals surface area contributed by atoms with Crippen LogP contribution in [-0.2, 0) is 15.1 Å². The third-order valence-corrected chi connectivity index (χ3v) is 6.32. The van der Waals surface area contributed by atoms with E-state index in [0.717, 1.165) is 11.4 Å². The van der Waals surface area contributed by atoms with Crippen molar-refractivity contribution in [3.8, 4) is 0 Å². The van der Waals surface area contributed by atoms with Gasteiger partial charge in [0.15, 0.2) is 0 Å². The number of nitrogens with one attached hydrogen (secondary N) is 1. The number of carbonyl (C=O) groups excluding carboxylic acids is 1. The lowest BCUT2D eigenvalue weighted by Gasteiger charge is -2.61. The summed E-state index contributed by atoms with van der Waals surface area (Å²) in [6, 6.07) is 0. The molecule has 2 fully saturated rings. The quantitative estimate of drug-likeness (QED) is 0.890. The largest absolute Gasteiger partial charge is 0.377 e. The normalized spacial score (nSPS) is 34.1. The van der Waals surface area contributed by atoms with Gasteiger partial charge in [-0.25, -0.2) is 4.98 Å². The number of aromatic nitrogens is 1. The van der Waals surface area contributed by atoms with E-state index in [4.69, 9.17) is 10.5 Å². The Morgan fingerprint density at radius 2 is 2.29 bits per heavy atom. The zero-order valence-electron chi connectivity index (χ0n) is 13.0. The molecule has 0 bridgehead atoms. The van der Waals surface area contributed by atoms with E-state index in [1.54, 1.807) is 6.20 Å². The average molecular weight is 309 g/mol. The second-order valence-electron chi connectivity index (χ2n) is 7.19. The van der Waals surface area contributed by atoms with E-state index >= 15 is 0 Å². The van der Waals surface area contributed by atoms with Crippen molar-refractivity contribution in [2.24, 2.45) is 17.1 Å². The van der Waals surface area contributed by atoms with E-state index in [9.17, 15) is 4.79 Å². The predicted octanol–water partition coefficient (Wildman–Crippen LogP) is 1.64. The van der Waals surface area contributed by atoms with Crippen molar-refractivity contribution >= 4 is 17.2 Å². The fourth-order valence-corrected chi connectivity index (χ4v) is 4.54. The van der Waals surface area contributed by atoms with Gasteiger partial charge in [-0.3, -0.25) is 4.79 Å². The van der Waals surface area contributed by atoms with E-state index in [1.807, 2.05) is 33.1 Å². The van der Waals surface area contributed by atoms with Gasteiger partial charge >= 0.3 is 0 Å². The molecule has 21 heavy (non-hydrogen) atoms. The van der Waals surface area contributed by atoms with E-state index < -0.39 is 11.1 Å². The predicted molar refractivity (Wildman–Crippen MR) is 81.8 cm³/mol. The Hall–Kier alpha value is -0.980. The molecule has 0 aromatic carbocycles. The molecule has 1 aliphatic heterocycles. The smallest absolute Gasteiger partial charge is 0.241 e. The molecule has 1 aliphatic carbocycles. The number of ether oxygens (including phenoxy) is 1. The van der Waals surface area contributed by atoms with Crippen LogP contribution in [0.5, 0.6) is 0 Å². The summed E-state index contributed by atoms with van der Waals surface area (Å²) < 4.78 is 5.74. The molecule has 3 N–H and O–H groups in total. The average Bonchev–Trinajstić information content (AvgIpc) is 3.07. The van der Waals surface area contributed by atoms with Crippen molar-refractivity contribution in [1.29, 1.82) is 0 Å². The Labute approximate surface area is 129 Å². The highest BCUT2D eigenvalue weighted by Crippen LogP contribution is 2.58. The maximum absolute atomic E-state index is 12.9. The van der Waals surface area contributed by atoms with Crippen molar-refractivity contribution < 1.29 is 9.53 Å². The molecule has 3 atom stereocenters. The van der Waals surface area contributed by atoms with Gasteiger partial charge in [0.1, 0.15) is 10.5 Å². The first kappa shape index (κ1) is 14.9. The van der Waals surface area contributed by atoms with Crippen molar-refractivity contribution in [1.82, 2.24) is 10.3 Å². The van der Waals surface area contributed by atoms with Crippen molar-refractivity contribution in [3.63, 3.8) is 0 Å². The van der Waals surface area contributed by atoms with E-state index in [0.29, 0.717) is 6.61 Å². The highest BCUT2D eigenvalue weighted by Gasteiger charge is 2.71. The van der Waals surface area contributed by atoms with E-state index in [2.05, 4.69) is 10.3 Å². The van der Waals surface area contributed by atoms with Crippen molar-refractivity contribution in [2.75, 3.05) is 6.61 Å². The number of fused-ring (bicyclic) bond motifs is 1. The van der Waals surface area contributed by atoms with Crippen LogP contribution in [0, 0.1) is 11.3 Å². The summed E-state index contributed by atoms with van der Waals surface area (Å²) in [5.41, 5.74) is 4.82. The Balaban J connectivity index is 1.82. The van der Waals surface area contributed by atoms with Crippen LogP contribution in [0.15, 0.2) is 11.6 Å². The fourth-order valence-electron chi connectivity index (χ4n) is 3.82. The Morgan fingerprint density at radius 3 is 2.90 bits per heavy atom. The van der Waals surface area contributed by atoms with Gasteiger partial charge in [0, 0.05) is 29.5 Å². The Morgan fingerprint density at radius 1 is 1.57 bits per heavy atom. The number of amides is 1. The molecule has 0 spiro atoms. The zero-order chi connectivity index (χ0) is 15.5. The first-order valence-corrected chi connectivity index (χ1v) is 8.22. The molecular weight excluding hydrogens is 286 g/mol. The van der Waals surface area contributed by atoms with Gasteiger partial charge in [0.05, 0.1) is 11.6 Å². The van der Waals surface area contributed by atoms with Gasteiger partial charge in [-0.05, 0) is 20.3 Å². The lowest BCUT2D eigenvalue weighted by Crippen LogP contribution is -2.80. The molecule has 1 amide bonds. The van der Waals surface area contributed by atoms with Gasteiger partial charge in [0.25, 0.3) is 0 Å². The van der Waals surface area contributed by atoms with E-state index in [-0.39, 0.29) is 23.3 Å². The summed E-state index contributed by atoms with van der Waals surface area (Å²) in [5.74, 6) is 0.0130. The molecule has 1 aromatic heterocycles. The molecule has 1 saturated carbocycles. The monoisotopic (exact) mass is 309 g/mol. The molecular formula is C15H23N3O2S. The van der Waals surface area contributed by atoms with Crippen LogP contribution in [0.1, 0.15) is 39.1 Å². The third-order valence-electron chi connectivity index (χ3n) is 5.22. The maximum atomic E-state index is 12.9. The topological polar surface area (TPSA) is 77.2 Å². The molecule has 3 rings (SSSR count). The van der Waals surface area contributed by atoms with Crippen LogP contribution in [0.4, 0.5) is 0 Å². The second-order valence-corrected chi connectivity index (χ2v) is 8.09. The third kappa shape index (κ3) is 1.89. The number of hydrogen-bond acceptors (Lipinski definition) is 5. The highest BCUT2D eigenvalue weighted by atomic mass is 32.1. The van der Waals surface area contributed by atoms with Gasteiger partial charge < -0.3 is 15.8 Å². The number of rotatable bonds is 3. The summed E-state index contributed by atoms with van der Waals surface area (Å²) in [4.78, 5) is 17.2. The lowest BCUT2D eigenvalue weighted by molar-refractivity contribution is -0.176. The second kappa shape index (κ2) is 4.51. The van der Waals surface area contributed by atoms with Crippen LogP contribution in [0.2, 0.25) is 0 Å². The van der Waals surface area contributed by atoms with Crippen LogP contribution in [0.3, 0.4) is 0 Å². The summed E-state index contributed by atoms with van der Waals surface area (Å²) in [5, 5.41) is 5.90. The maximum Gasteiger partial charge on any atom is 0.241 e. The zero-order valence-corrected chi connectivity index (χ0v) is 13.8. The highest BCUT2D eigenvalue weighted by molar-refractivity contribution is 7.09. The molecule has 116 valence electrons. The van der Waals surface area contributed by atoms with Crippen molar-refractivity contribution in [3.05, 3.63) is 16.6 Å². The van der Waals surface area contributed by atoms with E-state index in [1.165, 1.54) is 11.3 Å². The Kier molecular flexibility index (Phi) is 3.21. The van der Waals surface area contributed by atoms with Gasteiger partial charge in [-0.15, -0.1) is 11.3 Å². The van der Waals surface area contributed by atoms with Crippen LogP contribution < -0.4 is 11.1 Å². The SMILES string of the molecule is CC(C)(NC(=O)C1(N)C2CCOC2C1(C)C)c1nccs1. The molecule has 5 nitrogen and oxygen atoms in total. The Bertz CT molecular complexity index is 555. The van der Waals surface area contributed by atoms with Crippen LogP contribution >= 0.6 is 11.3 Å². The summed E-state index contributed by atoms with van der Waals surface area (Å²) in [6.45, 7) is 8.66. The summed E-state index contributed by atoms with van der Waals surface area (Å²) in [7, 11) is 0. The van der Waals surface area contributed by atoms with Gasteiger partial charge in [0.2, 0.25) is 5.91 Å². The number of hydrogen-bond donors (Lipinski definition) is 2. The number of nitrogens with two attached hydrogens (primary N) is 1. The molecule has 1 aromatic rings. The molecule has 6 heteroatoms. The molecule has 2 aliphatic rings. The lowest BCUT2D eigenvalue weighted by atomic mass is 9.48. The number of nitrogens with zero attached hydrogens (tertiary/aromatic N) is 1. The fraction of sp³-hybridized carbons (Fsp3) is 0.733. The first-order valence-electron chi connectivity index (χ1n) is 7.34. The summed E-state index contributed by atoms with van der Waals surface area (Å²) >= 11 is 1.54. The number of carbonyl (C=O) groups is 1. The van der Waals surface area contributed by atoms with Gasteiger partial charge in [-0.2, -0.15) is 0 Å². The van der Waals surface area contributed by atoms with Crippen LogP contribution in [0.25, 0.3) is 0 Å². The van der Waals surface area contributed by atoms with Crippen molar-refractivity contribution in [2.45, 2.75) is 51.3 Å². The number of thiazole rings is 1. The minimum atomic E-state index is -0.872. The minimum absolute atomic E-state index is 0.0937. The molecule has 2 heterocycles. The molecule has 3 unspecified atom stereocenters.